The Labute approximate surface area is 98.2 Å². The normalized spacial score (nSPS) is 11.7. The summed E-state index contributed by atoms with van der Waals surface area (Å²) in [5.74, 6) is -0.185. The average molecular weight is 293 g/mol. The molecule has 0 radical (unpaired) electrons. The third-order valence-electron chi connectivity index (χ3n) is 2.08. The van der Waals surface area contributed by atoms with Crippen molar-refractivity contribution in [3.05, 3.63) is 33.8 Å². The van der Waals surface area contributed by atoms with E-state index in [1.807, 2.05) is 19.1 Å². The van der Waals surface area contributed by atoms with Gasteiger partial charge in [-0.1, -0.05) is 22.0 Å². The van der Waals surface area contributed by atoms with Crippen molar-refractivity contribution in [2.75, 3.05) is 12.4 Å². The largest absolute Gasteiger partial charge is 0.395 e. The lowest BCUT2D eigenvalue weighted by Crippen LogP contribution is -2.12. The van der Waals surface area contributed by atoms with E-state index in [-0.39, 0.29) is 18.1 Å². The first-order chi connectivity index (χ1) is 6.94. The number of aliphatic hydroxyl groups excluding tert-OH is 1. The van der Waals surface area contributed by atoms with Gasteiger partial charge in [0.2, 0.25) is 0 Å². The molecule has 0 fully saturated rings. The Balaban J connectivity index is 2.90. The van der Waals surface area contributed by atoms with E-state index in [1.54, 1.807) is 6.07 Å². The molecule has 0 aliphatic rings. The molecule has 1 aromatic carbocycles. The Bertz CT molecular complexity index is 440. The Hall–Kier alpha value is -0.390. The van der Waals surface area contributed by atoms with E-state index in [0.717, 1.165) is 15.6 Å². The van der Waals surface area contributed by atoms with Crippen molar-refractivity contribution in [1.29, 1.82) is 0 Å². The second-order valence-electron chi connectivity index (χ2n) is 3.39. The minimum Gasteiger partial charge on any atom is -0.395 e. The topological polar surface area (TPSA) is 54.4 Å². The molecule has 0 aliphatic heterocycles. The van der Waals surface area contributed by atoms with Crippen LogP contribution in [-0.2, 0) is 15.6 Å². The predicted molar refractivity (Wildman–Crippen MR) is 63.5 cm³/mol. The predicted octanol–water partition coefficient (Wildman–Crippen LogP) is 1.66. The fourth-order valence-corrected chi connectivity index (χ4v) is 2.97. The van der Waals surface area contributed by atoms with Crippen molar-refractivity contribution in [2.45, 2.75) is 12.7 Å². The molecule has 5 heteroatoms. The summed E-state index contributed by atoms with van der Waals surface area (Å²) in [5, 5.41) is 8.61. The summed E-state index contributed by atoms with van der Waals surface area (Å²) in [6, 6.07) is 5.48. The van der Waals surface area contributed by atoms with Gasteiger partial charge in [0.25, 0.3) is 0 Å². The first-order valence-corrected chi connectivity index (χ1v) is 7.12. The van der Waals surface area contributed by atoms with E-state index >= 15 is 0 Å². The van der Waals surface area contributed by atoms with E-state index in [1.165, 1.54) is 0 Å². The van der Waals surface area contributed by atoms with Crippen LogP contribution in [0, 0.1) is 6.92 Å². The zero-order valence-corrected chi connectivity index (χ0v) is 10.8. The lowest BCUT2D eigenvalue weighted by molar-refractivity contribution is 0.319. The summed E-state index contributed by atoms with van der Waals surface area (Å²) in [6.07, 6.45) is 0. The van der Waals surface area contributed by atoms with E-state index in [9.17, 15) is 8.42 Å². The Morgan fingerprint density at radius 3 is 2.60 bits per heavy atom. The SMILES string of the molecule is Cc1cc(Br)ccc1CS(=O)(=O)CCO. The van der Waals surface area contributed by atoms with Crippen LogP contribution in [0.1, 0.15) is 11.1 Å². The standard InChI is InChI=1S/C10H13BrO3S/c1-8-6-10(11)3-2-9(8)7-15(13,14)5-4-12/h2-3,6,12H,4-5,7H2,1H3. The van der Waals surface area contributed by atoms with Crippen LogP contribution in [0.5, 0.6) is 0 Å². The number of halogens is 1. The van der Waals surface area contributed by atoms with Gasteiger partial charge in [-0.25, -0.2) is 8.42 Å². The highest BCUT2D eigenvalue weighted by atomic mass is 79.9. The number of benzene rings is 1. The molecule has 1 aromatic rings. The molecule has 15 heavy (non-hydrogen) atoms. The molecule has 0 aromatic heterocycles. The van der Waals surface area contributed by atoms with E-state index in [0.29, 0.717) is 0 Å². The van der Waals surface area contributed by atoms with Gasteiger partial charge in [0.05, 0.1) is 18.1 Å². The number of hydrogen-bond donors (Lipinski definition) is 1. The van der Waals surface area contributed by atoms with Gasteiger partial charge in [-0.2, -0.15) is 0 Å². The van der Waals surface area contributed by atoms with Gasteiger partial charge in [0, 0.05) is 4.47 Å². The van der Waals surface area contributed by atoms with Gasteiger partial charge in [0.1, 0.15) is 0 Å². The van der Waals surface area contributed by atoms with Crippen LogP contribution in [0.15, 0.2) is 22.7 Å². The first kappa shape index (κ1) is 12.7. The summed E-state index contributed by atoms with van der Waals surface area (Å²) in [5.41, 5.74) is 1.72. The molecule has 0 spiro atoms. The van der Waals surface area contributed by atoms with Gasteiger partial charge in [0.15, 0.2) is 9.84 Å². The quantitative estimate of drug-likeness (QED) is 0.918. The fourth-order valence-electron chi connectivity index (χ4n) is 1.27. The van der Waals surface area contributed by atoms with Crippen molar-refractivity contribution < 1.29 is 13.5 Å². The lowest BCUT2D eigenvalue weighted by Gasteiger charge is -2.06. The zero-order chi connectivity index (χ0) is 11.5. The Morgan fingerprint density at radius 2 is 2.07 bits per heavy atom. The fraction of sp³-hybridized carbons (Fsp3) is 0.400. The van der Waals surface area contributed by atoms with Crippen molar-refractivity contribution >= 4 is 25.8 Å². The maximum Gasteiger partial charge on any atom is 0.156 e. The van der Waals surface area contributed by atoms with Crippen LogP contribution in [0.4, 0.5) is 0 Å². The van der Waals surface area contributed by atoms with Gasteiger partial charge < -0.3 is 5.11 Å². The number of sulfone groups is 1. The third-order valence-corrected chi connectivity index (χ3v) is 4.13. The molecule has 1 N–H and O–H groups in total. The highest BCUT2D eigenvalue weighted by Gasteiger charge is 2.12. The molecule has 3 nitrogen and oxygen atoms in total. The van der Waals surface area contributed by atoms with E-state index in [4.69, 9.17) is 5.11 Å². The van der Waals surface area contributed by atoms with Gasteiger partial charge >= 0.3 is 0 Å². The molecule has 0 heterocycles. The molecule has 0 bridgehead atoms. The summed E-state index contributed by atoms with van der Waals surface area (Å²) in [6.45, 7) is 1.55. The average Bonchev–Trinajstić information content (AvgIpc) is 2.09. The second kappa shape index (κ2) is 5.09. The Kier molecular flexibility index (Phi) is 4.31. The lowest BCUT2D eigenvalue weighted by atomic mass is 10.1. The van der Waals surface area contributed by atoms with Crippen LogP contribution in [-0.4, -0.2) is 25.9 Å². The first-order valence-electron chi connectivity index (χ1n) is 4.51. The van der Waals surface area contributed by atoms with E-state index < -0.39 is 9.84 Å². The summed E-state index contributed by atoms with van der Waals surface area (Å²) < 4.78 is 23.9. The van der Waals surface area contributed by atoms with Gasteiger partial charge in [-0.3, -0.25) is 0 Å². The monoisotopic (exact) mass is 292 g/mol. The van der Waals surface area contributed by atoms with Crippen LogP contribution < -0.4 is 0 Å². The minimum atomic E-state index is -3.19. The molecule has 84 valence electrons. The minimum absolute atomic E-state index is 0.00727. The van der Waals surface area contributed by atoms with Gasteiger partial charge in [-0.15, -0.1) is 0 Å². The molecular weight excluding hydrogens is 280 g/mol. The molecular formula is C10H13BrO3S. The maximum absolute atomic E-state index is 11.5. The summed E-state index contributed by atoms with van der Waals surface area (Å²) >= 11 is 3.32. The molecule has 0 amide bonds. The smallest absolute Gasteiger partial charge is 0.156 e. The highest BCUT2D eigenvalue weighted by molar-refractivity contribution is 9.10. The third kappa shape index (κ3) is 3.93. The number of rotatable bonds is 4. The van der Waals surface area contributed by atoms with Crippen LogP contribution in [0.3, 0.4) is 0 Å². The maximum atomic E-state index is 11.5. The van der Waals surface area contributed by atoms with Crippen LogP contribution >= 0.6 is 15.9 Å². The van der Waals surface area contributed by atoms with Crippen LogP contribution in [0.2, 0.25) is 0 Å². The number of aryl methyl sites for hydroxylation is 1. The number of aliphatic hydroxyl groups is 1. The molecule has 0 saturated heterocycles. The number of hydrogen-bond acceptors (Lipinski definition) is 3. The molecule has 0 aliphatic carbocycles. The summed E-state index contributed by atoms with van der Waals surface area (Å²) in [4.78, 5) is 0. The molecule has 0 unspecified atom stereocenters. The van der Waals surface area contributed by atoms with Crippen molar-refractivity contribution in [3.63, 3.8) is 0 Å². The van der Waals surface area contributed by atoms with Crippen LogP contribution in [0.25, 0.3) is 0 Å². The van der Waals surface area contributed by atoms with E-state index in [2.05, 4.69) is 15.9 Å². The highest BCUT2D eigenvalue weighted by Crippen LogP contribution is 2.18. The van der Waals surface area contributed by atoms with Crippen molar-refractivity contribution in [2.24, 2.45) is 0 Å². The van der Waals surface area contributed by atoms with Crippen molar-refractivity contribution in [3.8, 4) is 0 Å². The Morgan fingerprint density at radius 1 is 1.40 bits per heavy atom. The van der Waals surface area contributed by atoms with Crippen molar-refractivity contribution in [1.82, 2.24) is 0 Å². The second-order valence-corrected chi connectivity index (χ2v) is 6.49. The van der Waals surface area contributed by atoms with Gasteiger partial charge in [-0.05, 0) is 30.2 Å². The molecule has 1 rings (SSSR count). The molecule has 0 atom stereocenters. The molecule has 0 saturated carbocycles. The summed E-state index contributed by atoms with van der Waals surface area (Å²) in [7, 11) is -3.19. The zero-order valence-electron chi connectivity index (χ0n) is 8.40.